The molecule has 0 heterocycles. The highest BCUT2D eigenvalue weighted by Gasteiger charge is 2.13. The van der Waals surface area contributed by atoms with E-state index in [0.717, 1.165) is 6.54 Å². The third kappa shape index (κ3) is 3.64. The number of para-hydroxylation sites is 1. The Morgan fingerprint density at radius 3 is 2.76 bits per heavy atom. The number of rotatable bonds is 5. The second-order valence-corrected chi connectivity index (χ2v) is 3.92. The SMILES string of the molecule is COc1cccc(C(=O)NCCN(C)C)c1O. The van der Waals surface area contributed by atoms with Gasteiger partial charge in [-0.25, -0.2) is 0 Å². The Bertz CT molecular complexity index is 391. The van der Waals surface area contributed by atoms with E-state index in [4.69, 9.17) is 4.74 Å². The summed E-state index contributed by atoms with van der Waals surface area (Å²) in [6.07, 6.45) is 0. The fourth-order valence-corrected chi connectivity index (χ4v) is 1.36. The van der Waals surface area contributed by atoms with Crippen molar-refractivity contribution >= 4 is 5.91 Å². The van der Waals surface area contributed by atoms with E-state index in [1.807, 2.05) is 19.0 Å². The number of phenols is 1. The number of phenolic OH excluding ortho intramolecular Hbond substituents is 1. The fourth-order valence-electron chi connectivity index (χ4n) is 1.36. The number of nitrogens with zero attached hydrogens (tertiary/aromatic N) is 1. The van der Waals surface area contributed by atoms with E-state index in [0.29, 0.717) is 12.3 Å². The third-order valence-electron chi connectivity index (χ3n) is 2.31. The van der Waals surface area contributed by atoms with Gasteiger partial charge in [0.15, 0.2) is 11.5 Å². The zero-order valence-electron chi connectivity index (χ0n) is 10.4. The van der Waals surface area contributed by atoms with E-state index >= 15 is 0 Å². The Morgan fingerprint density at radius 1 is 1.47 bits per heavy atom. The molecule has 0 radical (unpaired) electrons. The minimum atomic E-state index is -0.303. The number of benzene rings is 1. The van der Waals surface area contributed by atoms with Gasteiger partial charge in [-0.05, 0) is 26.2 Å². The van der Waals surface area contributed by atoms with E-state index in [2.05, 4.69) is 5.32 Å². The van der Waals surface area contributed by atoms with Crippen LogP contribution in [0, 0.1) is 0 Å². The summed E-state index contributed by atoms with van der Waals surface area (Å²) in [6, 6.07) is 4.83. The van der Waals surface area contributed by atoms with Crippen LogP contribution in [-0.4, -0.2) is 50.2 Å². The number of hydrogen-bond acceptors (Lipinski definition) is 4. The van der Waals surface area contributed by atoms with Crippen molar-refractivity contribution in [1.29, 1.82) is 0 Å². The van der Waals surface area contributed by atoms with Crippen LogP contribution in [0.5, 0.6) is 11.5 Å². The fraction of sp³-hybridized carbons (Fsp3) is 0.417. The second-order valence-electron chi connectivity index (χ2n) is 3.92. The summed E-state index contributed by atoms with van der Waals surface area (Å²) in [6.45, 7) is 1.28. The van der Waals surface area contributed by atoms with E-state index in [1.54, 1.807) is 18.2 Å². The van der Waals surface area contributed by atoms with Crippen molar-refractivity contribution in [1.82, 2.24) is 10.2 Å². The predicted octanol–water partition coefficient (Wildman–Crippen LogP) is 0.692. The number of aromatic hydroxyl groups is 1. The van der Waals surface area contributed by atoms with Gasteiger partial charge in [0.2, 0.25) is 0 Å². The molecule has 0 spiro atoms. The molecule has 0 saturated heterocycles. The summed E-state index contributed by atoms with van der Waals surface area (Å²) in [4.78, 5) is 13.7. The van der Waals surface area contributed by atoms with E-state index in [9.17, 15) is 9.90 Å². The summed E-state index contributed by atoms with van der Waals surface area (Å²) in [5.74, 6) is -0.133. The number of hydrogen-bond donors (Lipinski definition) is 2. The molecule has 0 aliphatic carbocycles. The van der Waals surface area contributed by atoms with Crippen LogP contribution in [0.15, 0.2) is 18.2 Å². The monoisotopic (exact) mass is 238 g/mol. The lowest BCUT2D eigenvalue weighted by atomic mass is 10.1. The third-order valence-corrected chi connectivity index (χ3v) is 2.31. The van der Waals surface area contributed by atoms with Gasteiger partial charge in [0.1, 0.15) is 0 Å². The molecule has 0 aromatic heterocycles. The first-order valence-electron chi connectivity index (χ1n) is 5.35. The van der Waals surface area contributed by atoms with Gasteiger partial charge in [0.25, 0.3) is 5.91 Å². The molecule has 94 valence electrons. The van der Waals surface area contributed by atoms with E-state index in [-0.39, 0.29) is 17.2 Å². The molecule has 0 aliphatic rings. The van der Waals surface area contributed by atoms with Crippen molar-refractivity contribution in [2.75, 3.05) is 34.3 Å². The van der Waals surface area contributed by atoms with Crippen LogP contribution in [0.3, 0.4) is 0 Å². The Morgan fingerprint density at radius 2 is 2.18 bits per heavy atom. The van der Waals surface area contributed by atoms with Crippen LogP contribution in [-0.2, 0) is 0 Å². The van der Waals surface area contributed by atoms with Gasteiger partial charge >= 0.3 is 0 Å². The molecule has 0 aliphatic heterocycles. The van der Waals surface area contributed by atoms with Gasteiger partial charge in [-0.3, -0.25) is 4.79 Å². The Labute approximate surface area is 101 Å². The van der Waals surface area contributed by atoms with Gasteiger partial charge in [-0.1, -0.05) is 6.07 Å². The molecular weight excluding hydrogens is 220 g/mol. The minimum Gasteiger partial charge on any atom is -0.504 e. The number of methoxy groups -OCH3 is 1. The Kier molecular flexibility index (Phi) is 4.78. The lowest BCUT2D eigenvalue weighted by Crippen LogP contribution is -2.31. The molecular formula is C12H18N2O3. The zero-order valence-corrected chi connectivity index (χ0v) is 10.4. The predicted molar refractivity (Wildman–Crippen MR) is 65.5 cm³/mol. The number of amides is 1. The highest BCUT2D eigenvalue weighted by molar-refractivity contribution is 5.97. The second kappa shape index (κ2) is 6.10. The Hall–Kier alpha value is -1.75. The van der Waals surface area contributed by atoms with Crippen LogP contribution >= 0.6 is 0 Å². The molecule has 0 atom stereocenters. The van der Waals surface area contributed by atoms with Crippen LogP contribution in [0.25, 0.3) is 0 Å². The quantitative estimate of drug-likeness (QED) is 0.792. The normalized spacial score (nSPS) is 10.4. The van der Waals surface area contributed by atoms with Gasteiger partial charge in [-0.2, -0.15) is 0 Å². The standard InChI is InChI=1S/C12H18N2O3/c1-14(2)8-7-13-12(16)9-5-4-6-10(17-3)11(9)15/h4-6,15H,7-8H2,1-3H3,(H,13,16). The molecule has 5 nitrogen and oxygen atoms in total. The molecule has 2 N–H and O–H groups in total. The summed E-state index contributed by atoms with van der Waals surface area (Å²) >= 11 is 0. The molecule has 0 fully saturated rings. The van der Waals surface area contributed by atoms with E-state index < -0.39 is 0 Å². The summed E-state index contributed by atoms with van der Waals surface area (Å²) < 4.78 is 4.94. The van der Waals surface area contributed by atoms with Crippen LogP contribution < -0.4 is 10.1 Å². The smallest absolute Gasteiger partial charge is 0.255 e. The number of carbonyl (C=O) groups is 1. The molecule has 17 heavy (non-hydrogen) atoms. The maximum absolute atomic E-state index is 11.8. The lowest BCUT2D eigenvalue weighted by Gasteiger charge is -2.12. The average molecular weight is 238 g/mol. The highest BCUT2D eigenvalue weighted by atomic mass is 16.5. The average Bonchev–Trinajstić information content (AvgIpc) is 2.28. The van der Waals surface area contributed by atoms with Crippen molar-refractivity contribution in [3.63, 3.8) is 0 Å². The maximum Gasteiger partial charge on any atom is 0.255 e. The maximum atomic E-state index is 11.8. The molecule has 5 heteroatoms. The van der Waals surface area contributed by atoms with Crippen molar-refractivity contribution in [2.45, 2.75) is 0 Å². The molecule has 0 unspecified atom stereocenters. The van der Waals surface area contributed by atoms with Gasteiger partial charge < -0.3 is 20.1 Å². The number of ether oxygens (including phenoxy) is 1. The molecule has 0 bridgehead atoms. The van der Waals surface area contributed by atoms with Crippen molar-refractivity contribution in [2.24, 2.45) is 0 Å². The summed E-state index contributed by atoms with van der Waals surface area (Å²) in [5, 5.41) is 12.5. The highest BCUT2D eigenvalue weighted by Crippen LogP contribution is 2.28. The van der Waals surface area contributed by atoms with Gasteiger partial charge in [0, 0.05) is 13.1 Å². The van der Waals surface area contributed by atoms with Crippen LogP contribution in [0.4, 0.5) is 0 Å². The minimum absolute atomic E-state index is 0.127. The molecule has 1 aromatic carbocycles. The summed E-state index contributed by atoms with van der Waals surface area (Å²) in [5.41, 5.74) is 0.225. The van der Waals surface area contributed by atoms with E-state index in [1.165, 1.54) is 7.11 Å². The first kappa shape index (κ1) is 13.3. The molecule has 1 amide bonds. The molecule has 0 saturated carbocycles. The number of nitrogens with one attached hydrogen (secondary N) is 1. The molecule has 1 rings (SSSR count). The Balaban J connectivity index is 2.69. The first-order valence-corrected chi connectivity index (χ1v) is 5.35. The molecule has 1 aromatic rings. The summed E-state index contributed by atoms with van der Waals surface area (Å²) in [7, 11) is 5.30. The lowest BCUT2D eigenvalue weighted by molar-refractivity contribution is 0.0948. The topological polar surface area (TPSA) is 61.8 Å². The first-order chi connectivity index (χ1) is 8.06. The van der Waals surface area contributed by atoms with Gasteiger partial charge in [-0.15, -0.1) is 0 Å². The van der Waals surface area contributed by atoms with Crippen molar-refractivity contribution in [3.8, 4) is 11.5 Å². The van der Waals surface area contributed by atoms with Gasteiger partial charge in [0.05, 0.1) is 12.7 Å². The van der Waals surface area contributed by atoms with Crippen LogP contribution in [0.2, 0.25) is 0 Å². The van der Waals surface area contributed by atoms with Crippen molar-refractivity contribution < 1.29 is 14.6 Å². The zero-order chi connectivity index (χ0) is 12.8. The largest absolute Gasteiger partial charge is 0.504 e. The number of likely N-dealkylation sites (N-methyl/N-ethyl adjacent to an activating group) is 1. The van der Waals surface area contributed by atoms with Crippen LogP contribution in [0.1, 0.15) is 10.4 Å². The number of carbonyl (C=O) groups excluding carboxylic acids is 1. The van der Waals surface area contributed by atoms with Crippen molar-refractivity contribution in [3.05, 3.63) is 23.8 Å².